The maximum atomic E-state index is 14.6. The molecule has 0 aliphatic heterocycles. The van der Waals surface area contributed by atoms with E-state index in [1.807, 2.05) is 64.0 Å². The number of halogens is 10. The SMILES string of the molecule is CCCS(=O)(=O)Nc1ccc(Cl)c(C(=O)O)c1F.CCCS(=O)(=O)Nc1ccc(Cl)c(C(=O)OCc2ccccc2)c1F.CCCS(=O)(=O)Nc1cccc(C(=O)O)c1F.NC1=C(F)C=C(Cl)C=[C+]1.Nc1ccc(Cl)c(C(=O)OCc2ccccc2)c1F.O=C(Cl)OCc1ccccc1. The maximum Gasteiger partial charge on any atom is 0.404 e. The van der Waals surface area contributed by atoms with Crippen LogP contribution in [0.4, 0.5) is 49.5 Å². The Labute approximate surface area is 592 Å². The van der Waals surface area contributed by atoms with Gasteiger partial charge in [0.1, 0.15) is 48.7 Å². The number of carboxylic acid groups (broad SMARTS) is 2. The van der Waals surface area contributed by atoms with Crippen LogP contribution in [-0.2, 0) is 64.1 Å². The van der Waals surface area contributed by atoms with Crippen molar-refractivity contribution in [2.45, 2.75) is 59.9 Å². The van der Waals surface area contributed by atoms with Gasteiger partial charge in [-0.05, 0) is 84.5 Å². The number of esters is 2. The van der Waals surface area contributed by atoms with Crippen molar-refractivity contribution < 1.29 is 95.6 Å². The van der Waals surface area contributed by atoms with Gasteiger partial charge < -0.3 is 35.9 Å². The second-order valence-corrected chi connectivity index (χ2v) is 27.1. The number of carbonyl (C=O) groups is 5. The minimum absolute atomic E-state index is 0.000556. The highest BCUT2D eigenvalue weighted by Gasteiger charge is 2.25. The number of benzene rings is 7. The zero-order valence-corrected chi connectivity index (χ0v) is 58.4. The number of anilines is 4. The lowest BCUT2D eigenvalue weighted by molar-refractivity contribution is 0.0458. The second-order valence-electron chi connectivity index (χ2n) is 19.6. The molecule has 34 heteroatoms. The number of carboxylic acids is 2. The summed E-state index contributed by atoms with van der Waals surface area (Å²) in [4.78, 5) is 55.6. The Hall–Kier alpha value is -9.03. The minimum Gasteiger partial charge on any atom is -0.478 e. The summed E-state index contributed by atoms with van der Waals surface area (Å²) < 4.78 is 158. The molecule has 0 atom stereocenters. The number of sulfonamides is 3. The standard InChI is InChI=1S/C17H17ClFNO4S.C14H11ClFNO2.C10H11ClFNO4S.C10H12FNO4S.C8H7ClO2.C6H4ClFN/c1-2-10-25(22,23)20-14-9-8-13(18)15(16(14)19)17(21)24-11-12-6-4-3-5-7-12;15-10-6-7-11(17)13(16)12(10)14(18)19-8-9-4-2-1-3-5-9;1-2-5-18(16,17)13-7-4-3-6(11)8(9(7)12)10(14)15;1-2-6-17(15,16)12-8-5-3-4-7(9(8)11)10(13)14;9-8(10)11-6-7-4-2-1-3-5-7;7-4-1-2-6(9)5(8)3-4/h3-9,20H,2,10-11H2,1H3;1-7H,8,17H2;3-4,13H,2,5H2,1H3,(H,14,15);3-5,12H,2,6H2,1H3,(H,13,14);1-5H,6H2;1,3H,9H2/q;;;;;+1. The molecule has 0 aromatic heterocycles. The Morgan fingerprint density at radius 2 is 0.828 bits per heavy atom. The van der Waals surface area contributed by atoms with Crippen molar-refractivity contribution in [2.75, 3.05) is 37.2 Å². The number of nitrogen functional groups attached to an aromatic ring is 1. The average molecular weight is 1540 g/mol. The molecule has 99 heavy (non-hydrogen) atoms. The van der Waals surface area contributed by atoms with E-state index in [1.165, 1.54) is 42.5 Å². The molecule has 9 N–H and O–H groups in total. The highest BCUT2D eigenvalue weighted by Crippen LogP contribution is 2.30. The number of ether oxygens (including phenoxy) is 3. The maximum absolute atomic E-state index is 14.6. The van der Waals surface area contributed by atoms with Crippen molar-refractivity contribution >= 4 is 140 Å². The summed E-state index contributed by atoms with van der Waals surface area (Å²) in [6.07, 6.45) is 6.12. The molecule has 0 radical (unpaired) electrons. The van der Waals surface area contributed by atoms with Crippen molar-refractivity contribution in [2.24, 2.45) is 5.73 Å². The molecule has 1 aliphatic carbocycles. The first-order valence-corrected chi connectivity index (χ1v) is 35.3. The van der Waals surface area contributed by atoms with Crippen molar-refractivity contribution in [3.05, 3.63) is 258 Å². The number of hydrogen-bond acceptors (Lipinski definition) is 16. The van der Waals surface area contributed by atoms with E-state index in [2.05, 4.69) is 15.5 Å². The van der Waals surface area contributed by atoms with Gasteiger partial charge in [0.15, 0.2) is 28.3 Å². The quantitative estimate of drug-likeness (QED) is 0.00828. The number of hydrogen-bond donors (Lipinski definition) is 7. The van der Waals surface area contributed by atoms with Crippen LogP contribution < -0.4 is 25.6 Å². The summed E-state index contributed by atoms with van der Waals surface area (Å²) in [5, 5.41) is 17.3. The zero-order chi connectivity index (χ0) is 74.2. The van der Waals surface area contributed by atoms with Gasteiger partial charge in [-0.2, -0.15) is 0 Å². The van der Waals surface area contributed by atoms with Gasteiger partial charge in [-0.15, -0.1) is 4.39 Å². The Bertz CT molecular complexity index is 4400. The van der Waals surface area contributed by atoms with Gasteiger partial charge in [0.25, 0.3) is 5.83 Å². The molecule has 530 valence electrons. The molecule has 0 fully saturated rings. The molecule has 0 spiro atoms. The number of nitrogens with two attached hydrogens (primary N) is 2. The third-order valence-electron chi connectivity index (χ3n) is 11.9. The van der Waals surface area contributed by atoms with Crippen LogP contribution in [0.3, 0.4) is 0 Å². The average Bonchev–Trinajstić information content (AvgIpc) is 1.17. The van der Waals surface area contributed by atoms with Crippen LogP contribution in [0.25, 0.3) is 0 Å². The lowest BCUT2D eigenvalue weighted by Crippen LogP contribution is -2.18. The highest BCUT2D eigenvalue weighted by atomic mass is 35.5. The third-order valence-corrected chi connectivity index (χ3v) is 17.6. The van der Waals surface area contributed by atoms with E-state index in [-0.39, 0.29) is 80.5 Å². The van der Waals surface area contributed by atoms with Gasteiger partial charge in [0.05, 0.1) is 66.7 Å². The molecular weight excluding hydrogens is 1480 g/mol. The summed E-state index contributed by atoms with van der Waals surface area (Å²) in [7, 11) is -11.0. The van der Waals surface area contributed by atoms with Crippen LogP contribution in [0.2, 0.25) is 15.1 Å². The summed E-state index contributed by atoms with van der Waals surface area (Å²) in [5.74, 6) is -10.0. The summed E-state index contributed by atoms with van der Waals surface area (Å²) in [5.41, 5.74) is 8.76. The molecule has 0 saturated heterocycles. The highest BCUT2D eigenvalue weighted by molar-refractivity contribution is 7.93. The van der Waals surface area contributed by atoms with Crippen molar-refractivity contribution in [1.82, 2.24) is 0 Å². The van der Waals surface area contributed by atoms with Crippen LogP contribution in [0.1, 0.15) is 98.2 Å². The Morgan fingerprint density at radius 1 is 0.465 bits per heavy atom. The molecule has 0 bridgehead atoms. The zero-order valence-electron chi connectivity index (χ0n) is 52.1. The summed E-state index contributed by atoms with van der Waals surface area (Å²) >= 11 is 27.6. The largest absolute Gasteiger partial charge is 0.478 e. The number of rotatable bonds is 22. The van der Waals surface area contributed by atoms with E-state index in [0.29, 0.717) is 24.3 Å². The lowest BCUT2D eigenvalue weighted by Gasteiger charge is -2.12. The van der Waals surface area contributed by atoms with Crippen LogP contribution in [0.15, 0.2) is 174 Å². The van der Waals surface area contributed by atoms with E-state index >= 15 is 0 Å². The van der Waals surface area contributed by atoms with Crippen LogP contribution in [-0.4, -0.2) is 82.0 Å². The number of carbonyl (C=O) groups excluding carboxylic acids is 3. The Balaban J connectivity index is 0.000000317. The fourth-order valence-electron chi connectivity index (χ4n) is 7.40. The van der Waals surface area contributed by atoms with Gasteiger partial charge in [-0.3, -0.25) is 14.2 Å². The molecule has 0 heterocycles. The predicted octanol–water partition coefficient (Wildman–Crippen LogP) is 15.6. The smallest absolute Gasteiger partial charge is 0.404 e. The van der Waals surface area contributed by atoms with Gasteiger partial charge in [-0.25, -0.2) is 66.8 Å². The molecule has 7 aromatic rings. The molecule has 21 nitrogen and oxygen atoms in total. The first-order valence-electron chi connectivity index (χ1n) is 28.4. The molecule has 1 aliphatic rings. The fraction of sp³-hybridized carbons (Fsp3) is 0.185. The molecule has 7 aromatic carbocycles. The van der Waals surface area contributed by atoms with E-state index in [9.17, 15) is 71.2 Å². The topological polar surface area (TPSA) is 344 Å². The lowest BCUT2D eigenvalue weighted by atomic mass is 10.2. The Morgan fingerprint density at radius 3 is 1.19 bits per heavy atom. The van der Waals surface area contributed by atoms with Gasteiger partial charge in [0.2, 0.25) is 35.8 Å². The molecular formula is C65H62Cl5F5N5O16S3+. The number of nitrogens with one attached hydrogen (secondary N) is 3. The molecule has 0 saturated carbocycles. The number of aromatic carboxylic acids is 2. The van der Waals surface area contributed by atoms with Crippen LogP contribution >= 0.6 is 58.0 Å². The van der Waals surface area contributed by atoms with E-state index < -0.39 is 111 Å². The van der Waals surface area contributed by atoms with Crippen molar-refractivity contribution in [1.29, 1.82) is 0 Å². The summed E-state index contributed by atoms with van der Waals surface area (Å²) in [6, 6.07) is 38.1. The van der Waals surface area contributed by atoms with Gasteiger partial charge in [0, 0.05) is 23.2 Å². The normalized spacial score (nSPS) is 11.3. The van der Waals surface area contributed by atoms with Crippen molar-refractivity contribution in [3.8, 4) is 0 Å². The van der Waals surface area contributed by atoms with Gasteiger partial charge in [-0.1, -0.05) is 153 Å². The van der Waals surface area contributed by atoms with E-state index in [4.69, 9.17) is 89.2 Å². The Kier molecular flexibility index (Phi) is 35.2. The first kappa shape index (κ1) is 84.2. The van der Waals surface area contributed by atoms with Crippen LogP contribution in [0.5, 0.6) is 0 Å². The van der Waals surface area contributed by atoms with E-state index in [0.717, 1.165) is 41.0 Å². The summed E-state index contributed by atoms with van der Waals surface area (Å²) in [6.45, 7) is 5.24. The number of allylic oxidation sites excluding steroid dienone is 5. The first-order chi connectivity index (χ1) is 46.6. The fourth-order valence-corrected chi connectivity index (χ4v) is 11.7. The minimum atomic E-state index is -3.70. The van der Waals surface area contributed by atoms with Crippen LogP contribution in [0, 0.1) is 29.3 Å². The molecule has 0 unspecified atom stereocenters. The third kappa shape index (κ3) is 29.5. The van der Waals surface area contributed by atoms with Gasteiger partial charge >= 0.3 is 29.3 Å². The molecule has 8 rings (SSSR count). The monoisotopic (exact) mass is 1530 g/mol. The van der Waals surface area contributed by atoms with Crippen molar-refractivity contribution in [3.63, 3.8) is 0 Å². The second kappa shape index (κ2) is 41.4. The molecule has 0 amide bonds. The van der Waals surface area contributed by atoms with E-state index in [1.54, 1.807) is 57.2 Å². The predicted molar refractivity (Wildman–Crippen MR) is 370 cm³/mol.